The van der Waals surface area contributed by atoms with E-state index >= 15 is 0 Å². The van der Waals surface area contributed by atoms with Crippen LogP contribution in [-0.2, 0) is 4.79 Å². The molecule has 1 unspecified atom stereocenters. The van der Waals surface area contributed by atoms with E-state index in [1.165, 1.54) is 0 Å². The summed E-state index contributed by atoms with van der Waals surface area (Å²) >= 11 is 1.68. The summed E-state index contributed by atoms with van der Waals surface area (Å²) in [6.45, 7) is 7.26. The first kappa shape index (κ1) is 13.8. The lowest BCUT2D eigenvalue weighted by atomic mass is 10.0. The van der Waals surface area contributed by atoms with Crippen LogP contribution in [0.4, 0.5) is 0 Å². The highest BCUT2D eigenvalue weighted by molar-refractivity contribution is 8.01. The van der Waals surface area contributed by atoms with Gasteiger partial charge in [0.05, 0.1) is 18.4 Å². The van der Waals surface area contributed by atoms with Crippen molar-refractivity contribution < 1.29 is 9.90 Å². The van der Waals surface area contributed by atoms with E-state index in [4.69, 9.17) is 0 Å². The third-order valence-electron chi connectivity index (χ3n) is 2.79. The third-order valence-corrected chi connectivity index (χ3v) is 4.04. The molecule has 0 radical (unpaired) electrons. The number of nitrogens with zero attached hydrogens (tertiary/aromatic N) is 1. The number of likely N-dealkylation sites (tertiary alicyclic amines) is 1. The van der Waals surface area contributed by atoms with Gasteiger partial charge in [0.15, 0.2) is 0 Å². The Morgan fingerprint density at radius 2 is 2.12 bits per heavy atom. The fourth-order valence-electron chi connectivity index (χ4n) is 1.88. The largest absolute Gasteiger partial charge is 0.394 e. The van der Waals surface area contributed by atoms with E-state index < -0.39 is 0 Å². The van der Waals surface area contributed by atoms with Gasteiger partial charge >= 0.3 is 0 Å². The van der Waals surface area contributed by atoms with Crippen molar-refractivity contribution in [1.82, 2.24) is 4.90 Å². The molecule has 1 atom stereocenters. The average Bonchev–Trinajstić information content (AvgIpc) is 2.25. The van der Waals surface area contributed by atoms with Gasteiger partial charge in [0.2, 0.25) is 5.91 Å². The molecule has 1 heterocycles. The molecule has 0 spiro atoms. The molecule has 1 amide bonds. The zero-order valence-electron chi connectivity index (χ0n) is 10.5. The first-order valence-corrected chi connectivity index (χ1v) is 6.97. The Hall–Kier alpha value is -0.220. The highest BCUT2D eigenvalue weighted by Crippen LogP contribution is 2.25. The van der Waals surface area contributed by atoms with Crippen LogP contribution in [0.1, 0.15) is 40.0 Å². The van der Waals surface area contributed by atoms with Crippen molar-refractivity contribution in [3.63, 3.8) is 0 Å². The van der Waals surface area contributed by atoms with E-state index in [1.54, 1.807) is 11.8 Å². The van der Waals surface area contributed by atoms with Gasteiger partial charge in [-0.3, -0.25) is 4.79 Å². The van der Waals surface area contributed by atoms with E-state index in [0.717, 1.165) is 25.8 Å². The highest BCUT2D eigenvalue weighted by Gasteiger charge is 2.26. The normalized spacial score (nSPS) is 22.2. The van der Waals surface area contributed by atoms with Gasteiger partial charge in [0, 0.05) is 11.3 Å². The molecule has 1 N–H and O–H groups in total. The Labute approximate surface area is 103 Å². The summed E-state index contributed by atoms with van der Waals surface area (Å²) in [6, 6.07) is 0.0572. The van der Waals surface area contributed by atoms with Gasteiger partial charge in [-0.05, 0) is 19.3 Å². The van der Waals surface area contributed by atoms with Gasteiger partial charge < -0.3 is 10.0 Å². The summed E-state index contributed by atoms with van der Waals surface area (Å²) < 4.78 is 0.125. The van der Waals surface area contributed by atoms with E-state index in [0.29, 0.717) is 5.75 Å². The fourth-order valence-corrected chi connectivity index (χ4v) is 2.60. The maximum atomic E-state index is 12.0. The molecule has 0 aromatic rings. The maximum absolute atomic E-state index is 12.0. The Morgan fingerprint density at radius 3 is 2.69 bits per heavy atom. The van der Waals surface area contributed by atoms with Gasteiger partial charge in [0.1, 0.15) is 0 Å². The molecular formula is C12H23NO2S. The molecule has 16 heavy (non-hydrogen) atoms. The number of hydrogen-bond acceptors (Lipinski definition) is 3. The molecule has 1 saturated heterocycles. The van der Waals surface area contributed by atoms with Crippen LogP contribution >= 0.6 is 11.8 Å². The molecule has 1 rings (SSSR count). The van der Waals surface area contributed by atoms with Crippen molar-refractivity contribution in [2.45, 2.75) is 50.8 Å². The van der Waals surface area contributed by atoms with Crippen molar-refractivity contribution in [2.75, 3.05) is 18.9 Å². The average molecular weight is 245 g/mol. The van der Waals surface area contributed by atoms with Gasteiger partial charge in [-0.1, -0.05) is 20.8 Å². The van der Waals surface area contributed by atoms with Crippen LogP contribution in [0.15, 0.2) is 0 Å². The molecule has 0 aromatic carbocycles. The number of piperidine rings is 1. The molecular weight excluding hydrogens is 222 g/mol. The number of thioether (sulfide) groups is 1. The predicted molar refractivity (Wildman–Crippen MR) is 68.6 cm³/mol. The second-order valence-corrected chi connectivity index (χ2v) is 7.12. The van der Waals surface area contributed by atoms with Crippen molar-refractivity contribution in [3.05, 3.63) is 0 Å². The number of aliphatic hydroxyl groups excluding tert-OH is 1. The minimum atomic E-state index is 0.0572. The lowest BCUT2D eigenvalue weighted by Gasteiger charge is -2.35. The summed E-state index contributed by atoms with van der Waals surface area (Å²) in [5.41, 5.74) is 0. The lowest BCUT2D eigenvalue weighted by Crippen LogP contribution is -2.46. The summed E-state index contributed by atoms with van der Waals surface area (Å²) in [6.07, 6.45) is 3.15. The predicted octanol–water partition coefficient (Wildman–Crippen LogP) is 1.89. The number of hydrogen-bond donors (Lipinski definition) is 1. The van der Waals surface area contributed by atoms with Crippen LogP contribution in [0, 0.1) is 0 Å². The molecule has 0 bridgehead atoms. The highest BCUT2D eigenvalue weighted by atomic mass is 32.2. The number of rotatable bonds is 3. The minimum absolute atomic E-state index is 0.0572. The SMILES string of the molecule is CC(C)(C)SCC(=O)N1CCCCC1CO. The van der Waals surface area contributed by atoms with Gasteiger partial charge in [-0.25, -0.2) is 0 Å². The maximum Gasteiger partial charge on any atom is 0.232 e. The number of aliphatic hydroxyl groups is 1. The second-order valence-electron chi connectivity index (χ2n) is 5.32. The topological polar surface area (TPSA) is 40.5 Å². The molecule has 0 aliphatic carbocycles. The van der Waals surface area contributed by atoms with Crippen molar-refractivity contribution in [3.8, 4) is 0 Å². The quantitative estimate of drug-likeness (QED) is 0.825. The van der Waals surface area contributed by atoms with Crippen LogP contribution < -0.4 is 0 Å². The van der Waals surface area contributed by atoms with E-state index in [9.17, 15) is 9.90 Å². The number of amides is 1. The molecule has 1 aliphatic heterocycles. The van der Waals surface area contributed by atoms with E-state index in [1.807, 2.05) is 4.90 Å². The first-order valence-electron chi connectivity index (χ1n) is 5.98. The molecule has 3 nitrogen and oxygen atoms in total. The smallest absolute Gasteiger partial charge is 0.232 e. The molecule has 4 heteroatoms. The molecule has 1 fully saturated rings. The van der Waals surface area contributed by atoms with Gasteiger partial charge in [-0.15, -0.1) is 11.8 Å². The van der Waals surface area contributed by atoms with E-state index in [2.05, 4.69) is 20.8 Å². The zero-order chi connectivity index (χ0) is 12.2. The molecule has 0 saturated carbocycles. The van der Waals surface area contributed by atoms with Gasteiger partial charge in [-0.2, -0.15) is 0 Å². The van der Waals surface area contributed by atoms with Crippen LogP contribution in [0.2, 0.25) is 0 Å². The van der Waals surface area contributed by atoms with E-state index in [-0.39, 0.29) is 23.3 Å². The van der Waals surface area contributed by atoms with Crippen molar-refractivity contribution >= 4 is 17.7 Å². The summed E-state index contributed by atoms with van der Waals surface area (Å²) in [7, 11) is 0. The van der Waals surface area contributed by atoms with Crippen LogP contribution in [0.5, 0.6) is 0 Å². The number of carbonyl (C=O) groups excluding carboxylic acids is 1. The number of carbonyl (C=O) groups is 1. The van der Waals surface area contributed by atoms with Gasteiger partial charge in [0.25, 0.3) is 0 Å². The molecule has 1 aliphatic rings. The standard InChI is InChI=1S/C12H23NO2S/c1-12(2,3)16-9-11(15)13-7-5-4-6-10(13)8-14/h10,14H,4-9H2,1-3H3. The van der Waals surface area contributed by atoms with Crippen LogP contribution in [0.3, 0.4) is 0 Å². The summed E-state index contributed by atoms with van der Waals surface area (Å²) in [5, 5.41) is 9.24. The minimum Gasteiger partial charge on any atom is -0.394 e. The second kappa shape index (κ2) is 5.92. The van der Waals surface area contributed by atoms with Crippen LogP contribution in [0.25, 0.3) is 0 Å². The monoisotopic (exact) mass is 245 g/mol. The van der Waals surface area contributed by atoms with Crippen molar-refractivity contribution in [2.24, 2.45) is 0 Å². The molecule has 0 aromatic heterocycles. The summed E-state index contributed by atoms with van der Waals surface area (Å²) in [5.74, 6) is 0.707. The Morgan fingerprint density at radius 1 is 1.44 bits per heavy atom. The zero-order valence-corrected chi connectivity index (χ0v) is 11.3. The van der Waals surface area contributed by atoms with Crippen molar-refractivity contribution in [1.29, 1.82) is 0 Å². The lowest BCUT2D eigenvalue weighted by molar-refractivity contribution is -0.133. The third kappa shape index (κ3) is 4.34. The first-order chi connectivity index (χ1) is 7.44. The van der Waals surface area contributed by atoms with Crippen LogP contribution in [-0.4, -0.2) is 45.6 Å². The Balaban J connectivity index is 2.45. The fraction of sp³-hybridized carbons (Fsp3) is 0.917. The summed E-state index contributed by atoms with van der Waals surface area (Å²) in [4.78, 5) is 13.9. The Bertz CT molecular complexity index is 238. The molecule has 94 valence electrons. The Kier molecular flexibility index (Phi) is 5.12.